The molecule has 2 fully saturated rings. The lowest BCUT2D eigenvalue weighted by atomic mass is 9.87. The molecule has 0 aliphatic carbocycles. The SMILES string of the molecule is CN1C(C)(C)CC(COC(=O)c2ccc(C(=O)OCC3CC(C)(C)N(C)C3(C)C)cc2)C1(C)C. The molecule has 190 valence electrons. The van der Waals surface area contributed by atoms with Crippen LogP contribution < -0.4 is 0 Å². The van der Waals surface area contributed by atoms with E-state index in [0.29, 0.717) is 24.3 Å². The summed E-state index contributed by atoms with van der Waals surface area (Å²) >= 11 is 0. The van der Waals surface area contributed by atoms with Crippen LogP contribution in [0.5, 0.6) is 0 Å². The first-order chi connectivity index (χ1) is 15.5. The molecule has 6 nitrogen and oxygen atoms in total. The summed E-state index contributed by atoms with van der Waals surface area (Å²) in [6, 6.07) is 6.58. The van der Waals surface area contributed by atoms with Gasteiger partial charge in [-0.3, -0.25) is 9.80 Å². The second-order valence-corrected chi connectivity index (χ2v) is 12.6. The van der Waals surface area contributed by atoms with Gasteiger partial charge in [0, 0.05) is 34.0 Å². The first-order valence-corrected chi connectivity index (χ1v) is 12.4. The highest BCUT2D eigenvalue weighted by molar-refractivity contribution is 5.93. The Morgan fingerprint density at radius 2 is 1.00 bits per heavy atom. The fourth-order valence-corrected chi connectivity index (χ4v) is 5.87. The Hall–Kier alpha value is -1.92. The van der Waals surface area contributed by atoms with Crippen LogP contribution in [0.25, 0.3) is 0 Å². The van der Waals surface area contributed by atoms with Crippen molar-refractivity contribution < 1.29 is 19.1 Å². The molecule has 0 amide bonds. The number of hydrogen-bond acceptors (Lipinski definition) is 6. The molecule has 2 aliphatic heterocycles. The zero-order chi connectivity index (χ0) is 25.7. The maximum absolute atomic E-state index is 12.6. The van der Waals surface area contributed by atoms with E-state index in [1.807, 2.05) is 0 Å². The molecule has 0 radical (unpaired) electrons. The standard InChI is InChI=1S/C28H44N2O4/c1-25(2)15-21(27(5,6)29(25)9)17-33-23(31)19-11-13-20(14-12-19)24(32)34-18-22-16-26(3,4)30(10)28(22,7)8/h11-14,21-22H,15-18H2,1-10H3. The predicted molar refractivity (Wildman–Crippen MR) is 135 cm³/mol. The van der Waals surface area contributed by atoms with Gasteiger partial charge in [0.05, 0.1) is 24.3 Å². The van der Waals surface area contributed by atoms with E-state index in [0.717, 1.165) is 12.8 Å². The van der Waals surface area contributed by atoms with Crippen LogP contribution in [0, 0.1) is 11.8 Å². The van der Waals surface area contributed by atoms with Crippen LogP contribution in [0.3, 0.4) is 0 Å². The molecule has 2 saturated heterocycles. The Bertz CT molecular complexity index is 842. The quantitative estimate of drug-likeness (QED) is 0.542. The van der Waals surface area contributed by atoms with Gasteiger partial charge in [0.15, 0.2) is 0 Å². The molecule has 3 rings (SSSR count). The lowest BCUT2D eigenvalue weighted by Crippen LogP contribution is -2.47. The van der Waals surface area contributed by atoms with Crippen LogP contribution in [0.1, 0.15) is 88.9 Å². The minimum atomic E-state index is -0.360. The zero-order valence-electron chi connectivity index (χ0n) is 22.8. The van der Waals surface area contributed by atoms with E-state index in [2.05, 4.69) is 79.3 Å². The van der Waals surface area contributed by atoms with E-state index in [4.69, 9.17) is 9.47 Å². The lowest BCUT2D eigenvalue weighted by molar-refractivity contribution is 0.0313. The van der Waals surface area contributed by atoms with E-state index >= 15 is 0 Å². The van der Waals surface area contributed by atoms with Crippen LogP contribution in [0.15, 0.2) is 24.3 Å². The molecule has 2 atom stereocenters. The third-order valence-electron chi connectivity index (χ3n) is 9.22. The molecule has 0 saturated carbocycles. The van der Waals surface area contributed by atoms with Gasteiger partial charge < -0.3 is 9.47 Å². The molecule has 0 aromatic heterocycles. The third kappa shape index (κ3) is 4.90. The number of ether oxygens (including phenoxy) is 2. The smallest absolute Gasteiger partial charge is 0.338 e. The van der Waals surface area contributed by atoms with E-state index in [1.54, 1.807) is 24.3 Å². The molecule has 2 aliphatic rings. The van der Waals surface area contributed by atoms with Crippen molar-refractivity contribution in [3.8, 4) is 0 Å². The minimum absolute atomic E-state index is 0.0463. The average Bonchev–Trinajstić information content (AvgIpc) is 3.02. The molecule has 0 bridgehead atoms. The Balaban J connectivity index is 1.54. The van der Waals surface area contributed by atoms with Gasteiger partial charge in [0.25, 0.3) is 0 Å². The largest absolute Gasteiger partial charge is 0.462 e. The van der Waals surface area contributed by atoms with Gasteiger partial charge in [-0.25, -0.2) is 9.59 Å². The Labute approximate surface area is 206 Å². The van der Waals surface area contributed by atoms with E-state index in [9.17, 15) is 9.59 Å². The predicted octanol–water partition coefficient (Wildman–Crippen LogP) is 5.02. The number of likely N-dealkylation sites (tertiary alicyclic amines) is 2. The van der Waals surface area contributed by atoms with Crippen molar-refractivity contribution in [2.24, 2.45) is 11.8 Å². The molecule has 1 aromatic rings. The highest BCUT2D eigenvalue weighted by atomic mass is 16.5. The summed E-state index contributed by atoms with van der Waals surface area (Å²) in [5, 5.41) is 0. The van der Waals surface area contributed by atoms with Gasteiger partial charge >= 0.3 is 11.9 Å². The molecule has 2 heterocycles. The summed E-state index contributed by atoms with van der Waals surface area (Å²) in [7, 11) is 4.26. The summed E-state index contributed by atoms with van der Waals surface area (Å²) in [6.45, 7) is 18.5. The van der Waals surface area contributed by atoms with Crippen molar-refractivity contribution in [1.82, 2.24) is 9.80 Å². The third-order valence-corrected chi connectivity index (χ3v) is 9.22. The number of hydrogen-bond donors (Lipinski definition) is 0. The van der Waals surface area contributed by atoms with E-state index < -0.39 is 0 Å². The first kappa shape index (κ1) is 26.7. The van der Waals surface area contributed by atoms with Gasteiger partial charge in [-0.1, -0.05) is 0 Å². The first-order valence-electron chi connectivity index (χ1n) is 12.4. The number of esters is 2. The highest BCUT2D eigenvalue weighted by Gasteiger charge is 2.50. The van der Waals surface area contributed by atoms with Gasteiger partial charge in [-0.05, 0) is 107 Å². The van der Waals surface area contributed by atoms with Crippen LogP contribution in [-0.2, 0) is 9.47 Å². The molecule has 0 spiro atoms. The summed E-state index contributed by atoms with van der Waals surface area (Å²) in [6.07, 6.45) is 1.94. The number of carbonyl (C=O) groups is 2. The van der Waals surface area contributed by atoms with Crippen molar-refractivity contribution in [3.05, 3.63) is 35.4 Å². The highest BCUT2D eigenvalue weighted by Crippen LogP contribution is 2.44. The van der Waals surface area contributed by atoms with Gasteiger partial charge in [0.2, 0.25) is 0 Å². The normalized spacial score (nSPS) is 27.5. The van der Waals surface area contributed by atoms with Gasteiger partial charge in [0.1, 0.15) is 0 Å². The molecular formula is C28H44N2O4. The van der Waals surface area contributed by atoms with Gasteiger partial charge in [-0.15, -0.1) is 0 Å². The molecule has 34 heavy (non-hydrogen) atoms. The number of rotatable bonds is 6. The number of nitrogens with zero attached hydrogens (tertiary/aromatic N) is 2. The lowest BCUT2D eigenvalue weighted by Gasteiger charge is -2.38. The van der Waals surface area contributed by atoms with E-state index in [-0.39, 0.29) is 45.9 Å². The Morgan fingerprint density at radius 1 is 0.706 bits per heavy atom. The summed E-state index contributed by atoms with van der Waals surface area (Å²) < 4.78 is 11.3. The average molecular weight is 473 g/mol. The number of benzene rings is 1. The van der Waals surface area contributed by atoms with Crippen molar-refractivity contribution in [2.45, 2.75) is 90.4 Å². The van der Waals surface area contributed by atoms with Crippen molar-refractivity contribution >= 4 is 11.9 Å². The zero-order valence-corrected chi connectivity index (χ0v) is 22.8. The molecular weight excluding hydrogens is 428 g/mol. The van der Waals surface area contributed by atoms with Crippen molar-refractivity contribution in [2.75, 3.05) is 27.3 Å². The number of carbonyl (C=O) groups excluding carboxylic acids is 2. The Morgan fingerprint density at radius 3 is 1.24 bits per heavy atom. The van der Waals surface area contributed by atoms with E-state index in [1.165, 1.54) is 0 Å². The molecule has 0 N–H and O–H groups in total. The maximum Gasteiger partial charge on any atom is 0.338 e. The fraction of sp³-hybridized carbons (Fsp3) is 0.714. The maximum atomic E-state index is 12.6. The molecule has 1 aromatic carbocycles. The van der Waals surface area contributed by atoms with Crippen molar-refractivity contribution in [3.63, 3.8) is 0 Å². The summed E-state index contributed by atoms with van der Waals surface area (Å²) in [5.74, 6) is -0.203. The van der Waals surface area contributed by atoms with Gasteiger partial charge in [-0.2, -0.15) is 0 Å². The Kier molecular flexibility index (Phi) is 7.02. The van der Waals surface area contributed by atoms with Crippen LogP contribution in [0.2, 0.25) is 0 Å². The summed E-state index contributed by atoms with van der Waals surface area (Å²) in [5.41, 5.74) is 0.939. The summed E-state index contributed by atoms with van der Waals surface area (Å²) in [4.78, 5) is 30.0. The second-order valence-electron chi connectivity index (χ2n) is 12.6. The molecule has 6 heteroatoms. The topological polar surface area (TPSA) is 59.1 Å². The van der Waals surface area contributed by atoms with Crippen LogP contribution in [0.4, 0.5) is 0 Å². The fourth-order valence-electron chi connectivity index (χ4n) is 5.87. The molecule has 2 unspecified atom stereocenters. The van der Waals surface area contributed by atoms with Crippen LogP contribution >= 0.6 is 0 Å². The van der Waals surface area contributed by atoms with Crippen LogP contribution in [-0.4, -0.2) is 71.2 Å². The minimum Gasteiger partial charge on any atom is -0.462 e. The second kappa shape index (κ2) is 8.94. The van der Waals surface area contributed by atoms with Crippen molar-refractivity contribution in [1.29, 1.82) is 0 Å². The monoisotopic (exact) mass is 472 g/mol.